The molecule has 0 saturated heterocycles. The molecule has 0 heterocycles. The van der Waals surface area contributed by atoms with E-state index in [0.29, 0.717) is 6.61 Å². The molecule has 100 valence electrons. The smallest absolute Gasteiger partial charge is 0.0717 e. The Morgan fingerprint density at radius 3 is 2.89 bits per heavy atom. The molecule has 1 N–H and O–H groups in total. The van der Waals surface area contributed by atoms with Gasteiger partial charge in [0.25, 0.3) is 0 Å². The maximum Gasteiger partial charge on any atom is 0.0717 e. The van der Waals surface area contributed by atoms with Gasteiger partial charge in [-0.15, -0.1) is 0 Å². The van der Waals surface area contributed by atoms with Crippen LogP contribution in [0.1, 0.15) is 37.7 Å². The van der Waals surface area contributed by atoms with Crippen molar-refractivity contribution in [2.45, 2.75) is 44.8 Å². The predicted octanol–water partition coefficient (Wildman–Crippen LogP) is 3.78. The van der Waals surface area contributed by atoms with Crippen molar-refractivity contribution in [3.8, 4) is 0 Å². The van der Waals surface area contributed by atoms with Crippen molar-refractivity contribution in [2.24, 2.45) is 0 Å². The molecule has 0 amide bonds. The van der Waals surface area contributed by atoms with Crippen molar-refractivity contribution in [2.75, 3.05) is 13.2 Å². The van der Waals surface area contributed by atoms with E-state index in [-0.39, 0.29) is 0 Å². The lowest BCUT2D eigenvalue weighted by atomic mass is 10.2. The topological polar surface area (TPSA) is 21.3 Å². The summed E-state index contributed by atoms with van der Waals surface area (Å²) < 4.78 is 5.64. The first-order valence-corrected chi connectivity index (χ1v) is 7.28. The maximum absolute atomic E-state index is 5.91. The van der Waals surface area contributed by atoms with Crippen molar-refractivity contribution < 1.29 is 4.74 Å². The van der Waals surface area contributed by atoms with Gasteiger partial charge in [0, 0.05) is 17.7 Å². The van der Waals surface area contributed by atoms with E-state index in [0.717, 1.165) is 36.2 Å². The van der Waals surface area contributed by atoms with Gasteiger partial charge in [-0.25, -0.2) is 0 Å². The SMILES string of the molecule is Clc1cccc(COCCCNC2CCCC2)c1. The van der Waals surface area contributed by atoms with Crippen LogP contribution in [0.5, 0.6) is 0 Å². The molecule has 18 heavy (non-hydrogen) atoms. The van der Waals surface area contributed by atoms with Crippen LogP contribution in [0, 0.1) is 0 Å². The molecule has 0 aromatic heterocycles. The van der Waals surface area contributed by atoms with Crippen LogP contribution in [0.15, 0.2) is 24.3 Å². The Morgan fingerprint density at radius 2 is 2.11 bits per heavy atom. The van der Waals surface area contributed by atoms with Gasteiger partial charge in [-0.05, 0) is 43.5 Å². The predicted molar refractivity (Wildman–Crippen MR) is 76.0 cm³/mol. The van der Waals surface area contributed by atoms with Crippen LogP contribution in [0.2, 0.25) is 5.02 Å². The molecule has 0 aliphatic heterocycles. The zero-order valence-corrected chi connectivity index (χ0v) is 11.6. The van der Waals surface area contributed by atoms with Gasteiger partial charge in [0.05, 0.1) is 6.61 Å². The van der Waals surface area contributed by atoms with Crippen LogP contribution in [0.25, 0.3) is 0 Å². The van der Waals surface area contributed by atoms with E-state index in [1.807, 2.05) is 24.3 Å². The lowest BCUT2D eigenvalue weighted by Crippen LogP contribution is -2.27. The minimum Gasteiger partial charge on any atom is -0.377 e. The van der Waals surface area contributed by atoms with Crippen LogP contribution in [0.4, 0.5) is 0 Å². The summed E-state index contributed by atoms with van der Waals surface area (Å²) in [5.74, 6) is 0. The van der Waals surface area contributed by atoms with Crippen LogP contribution in [0.3, 0.4) is 0 Å². The fourth-order valence-corrected chi connectivity index (χ4v) is 2.64. The second kappa shape index (κ2) is 7.78. The average Bonchev–Trinajstić information content (AvgIpc) is 2.87. The third-order valence-corrected chi connectivity index (χ3v) is 3.65. The van der Waals surface area contributed by atoms with Crippen molar-refractivity contribution in [3.63, 3.8) is 0 Å². The molecule has 1 fully saturated rings. The zero-order chi connectivity index (χ0) is 12.6. The normalized spacial score (nSPS) is 16.3. The minimum atomic E-state index is 0.657. The molecule has 2 rings (SSSR count). The second-order valence-electron chi connectivity index (χ2n) is 4.97. The van der Waals surface area contributed by atoms with Crippen molar-refractivity contribution in [1.29, 1.82) is 0 Å². The van der Waals surface area contributed by atoms with Gasteiger partial charge in [0.15, 0.2) is 0 Å². The minimum absolute atomic E-state index is 0.657. The Labute approximate surface area is 115 Å². The molecule has 2 nitrogen and oxygen atoms in total. The summed E-state index contributed by atoms with van der Waals surface area (Å²) >= 11 is 5.91. The van der Waals surface area contributed by atoms with E-state index >= 15 is 0 Å². The third-order valence-electron chi connectivity index (χ3n) is 3.41. The Balaban J connectivity index is 1.50. The quantitative estimate of drug-likeness (QED) is 0.759. The van der Waals surface area contributed by atoms with Crippen LogP contribution in [-0.2, 0) is 11.3 Å². The second-order valence-corrected chi connectivity index (χ2v) is 5.41. The summed E-state index contributed by atoms with van der Waals surface area (Å²) in [7, 11) is 0. The molecule has 1 aromatic rings. The lowest BCUT2D eigenvalue weighted by molar-refractivity contribution is 0.118. The summed E-state index contributed by atoms with van der Waals surface area (Å²) in [6, 6.07) is 8.61. The van der Waals surface area contributed by atoms with Crippen LogP contribution in [-0.4, -0.2) is 19.2 Å². The molecule has 0 unspecified atom stereocenters. The number of hydrogen-bond donors (Lipinski definition) is 1. The summed E-state index contributed by atoms with van der Waals surface area (Å²) in [4.78, 5) is 0. The molecule has 0 atom stereocenters. The fraction of sp³-hybridized carbons (Fsp3) is 0.600. The molecule has 1 aliphatic rings. The van der Waals surface area contributed by atoms with Gasteiger partial charge in [0.2, 0.25) is 0 Å². The highest BCUT2D eigenvalue weighted by Crippen LogP contribution is 2.17. The Morgan fingerprint density at radius 1 is 1.28 bits per heavy atom. The van der Waals surface area contributed by atoms with E-state index in [4.69, 9.17) is 16.3 Å². The highest BCUT2D eigenvalue weighted by Gasteiger charge is 2.12. The molecule has 1 aromatic carbocycles. The van der Waals surface area contributed by atoms with E-state index in [1.54, 1.807) is 0 Å². The third kappa shape index (κ3) is 4.97. The largest absolute Gasteiger partial charge is 0.377 e. The monoisotopic (exact) mass is 267 g/mol. The van der Waals surface area contributed by atoms with Gasteiger partial charge >= 0.3 is 0 Å². The summed E-state index contributed by atoms with van der Waals surface area (Å²) in [5.41, 5.74) is 1.14. The number of nitrogens with one attached hydrogen (secondary N) is 1. The Bertz CT molecular complexity index is 350. The molecule has 1 saturated carbocycles. The van der Waals surface area contributed by atoms with Gasteiger partial charge in [-0.3, -0.25) is 0 Å². The van der Waals surface area contributed by atoms with E-state index in [2.05, 4.69) is 5.32 Å². The highest BCUT2D eigenvalue weighted by molar-refractivity contribution is 6.30. The van der Waals surface area contributed by atoms with Crippen molar-refractivity contribution in [3.05, 3.63) is 34.9 Å². The molecule has 0 bridgehead atoms. The number of rotatable bonds is 7. The molecule has 0 radical (unpaired) electrons. The van der Waals surface area contributed by atoms with Crippen LogP contribution >= 0.6 is 11.6 Å². The lowest BCUT2D eigenvalue weighted by Gasteiger charge is -2.11. The number of halogens is 1. The molecular formula is C15H22ClNO. The first-order chi connectivity index (χ1) is 8.84. The number of hydrogen-bond acceptors (Lipinski definition) is 2. The molecular weight excluding hydrogens is 246 g/mol. The molecule has 3 heteroatoms. The summed E-state index contributed by atoms with van der Waals surface area (Å²) in [6.45, 7) is 2.54. The van der Waals surface area contributed by atoms with Crippen molar-refractivity contribution in [1.82, 2.24) is 5.32 Å². The van der Waals surface area contributed by atoms with Gasteiger partial charge in [0.1, 0.15) is 0 Å². The van der Waals surface area contributed by atoms with Gasteiger partial charge in [-0.2, -0.15) is 0 Å². The van der Waals surface area contributed by atoms with Crippen molar-refractivity contribution >= 4 is 11.6 Å². The average molecular weight is 268 g/mol. The standard InChI is InChI=1S/C15H22ClNO/c16-14-6-3-5-13(11-14)12-18-10-4-9-17-15-7-1-2-8-15/h3,5-6,11,15,17H,1-2,4,7-10,12H2. The molecule has 0 spiro atoms. The van der Waals surface area contributed by atoms with E-state index in [9.17, 15) is 0 Å². The van der Waals surface area contributed by atoms with Crippen LogP contribution < -0.4 is 5.32 Å². The first-order valence-electron chi connectivity index (χ1n) is 6.90. The van der Waals surface area contributed by atoms with Gasteiger partial charge in [-0.1, -0.05) is 36.6 Å². The number of ether oxygens (including phenoxy) is 1. The fourth-order valence-electron chi connectivity index (χ4n) is 2.43. The molecule has 1 aliphatic carbocycles. The maximum atomic E-state index is 5.91. The zero-order valence-electron chi connectivity index (χ0n) is 10.8. The Kier molecular flexibility index (Phi) is 5.98. The highest BCUT2D eigenvalue weighted by atomic mass is 35.5. The van der Waals surface area contributed by atoms with Gasteiger partial charge < -0.3 is 10.1 Å². The number of benzene rings is 1. The summed E-state index contributed by atoms with van der Waals surface area (Å²) in [6.07, 6.45) is 6.57. The summed E-state index contributed by atoms with van der Waals surface area (Å²) in [5, 5.41) is 4.37. The Hall–Kier alpha value is -0.570. The van der Waals surface area contributed by atoms with E-state index < -0.39 is 0 Å². The van der Waals surface area contributed by atoms with E-state index in [1.165, 1.54) is 25.7 Å². The first kappa shape index (κ1) is 13.9.